The molecule has 0 unspecified atom stereocenters. The minimum absolute atomic E-state index is 0.121. The molecule has 1 heterocycles. The average molecular weight is 328 g/mol. The zero-order valence-electron chi connectivity index (χ0n) is 10.8. The molecule has 2 rings (SSSR count). The summed E-state index contributed by atoms with van der Waals surface area (Å²) < 4.78 is 6.28. The van der Waals surface area contributed by atoms with Crippen LogP contribution >= 0.6 is 15.9 Å². The predicted molar refractivity (Wildman–Crippen MR) is 78.9 cm³/mol. The summed E-state index contributed by atoms with van der Waals surface area (Å²) in [6, 6.07) is 6.21. The van der Waals surface area contributed by atoms with E-state index in [1.54, 1.807) is 0 Å². The van der Waals surface area contributed by atoms with E-state index in [0.29, 0.717) is 6.04 Å². The van der Waals surface area contributed by atoms with Gasteiger partial charge in [0.2, 0.25) is 0 Å². The minimum atomic E-state index is 0.121. The van der Waals surface area contributed by atoms with E-state index in [4.69, 9.17) is 15.7 Å². The smallest absolute Gasteiger partial charge is 0.172 e. The molecule has 1 aliphatic heterocycles. The average Bonchev–Trinajstić information content (AvgIpc) is 2.46. The lowest BCUT2D eigenvalue weighted by molar-refractivity contribution is 0.0855. The number of halogens is 1. The molecule has 1 aromatic rings. The fraction of sp³-hybridized carbons (Fsp3) is 0.462. The first-order chi connectivity index (χ1) is 9.13. The molecular formula is C13H18BrN3O2. The van der Waals surface area contributed by atoms with Gasteiger partial charge in [-0.2, -0.15) is 0 Å². The van der Waals surface area contributed by atoms with Crippen LogP contribution in [0.15, 0.2) is 27.8 Å². The Morgan fingerprint density at radius 1 is 1.47 bits per heavy atom. The number of rotatable bonds is 3. The molecule has 0 aromatic heterocycles. The highest BCUT2D eigenvalue weighted by molar-refractivity contribution is 9.10. The maximum absolute atomic E-state index is 8.90. The SMILES string of the molecule is CN(c1ccc(Br)cc1/C(N)=N/O)C1CCOCC1. The maximum atomic E-state index is 8.90. The molecule has 6 heteroatoms. The van der Waals surface area contributed by atoms with Crippen molar-refractivity contribution in [3.63, 3.8) is 0 Å². The fourth-order valence-electron chi connectivity index (χ4n) is 2.34. The van der Waals surface area contributed by atoms with Crippen molar-refractivity contribution in [2.24, 2.45) is 10.9 Å². The molecule has 3 N–H and O–H groups in total. The quantitative estimate of drug-likeness (QED) is 0.386. The van der Waals surface area contributed by atoms with Crippen LogP contribution in [-0.4, -0.2) is 37.3 Å². The first kappa shape index (κ1) is 14.1. The number of anilines is 1. The van der Waals surface area contributed by atoms with Crippen molar-refractivity contribution in [2.75, 3.05) is 25.2 Å². The summed E-state index contributed by atoms with van der Waals surface area (Å²) in [6.45, 7) is 1.56. The Labute approximate surface area is 121 Å². The Bertz CT molecular complexity index is 473. The van der Waals surface area contributed by atoms with Gasteiger partial charge in [-0.15, -0.1) is 0 Å². The lowest BCUT2D eigenvalue weighted by Gasteiger charge is -2.34. The molecule has 5 nitrogen and oxygen atoms in total. The highest BCUT2D eigenvalue weighted by Gasteiger charge is 2.21. The van der Waals surface area contributed by atoms with Crippen molar-refractivity contribution in [1.82, 2.24) is 0 Å². The molecule has 0 spiro atoms. The van der Waals surface area contributed by atoms with E-state index in [1.807, 2.05) is 25.2 Å². The van der Waals surface area contributed by atoms with E-state index >= 15 is 0 Å². The van der Waals surface area contributed by atoms with Gasteiger partial charge >= 0.3 is 0 Å². The molecule has 1 fully saturated rings. The van der Waals surface area contributed by atoms with Crippen molar-refractivity contribution in [2.45, 2.75) is 18.9 Å². The van der Waals surface area contributed by atoms with E-state index in [-0.39, 0.29) is 5.84 Å². The van der Waals surface area contributed by atoms with Gasteiger partial charge in [-0.1, -0.05) is 21.1 Å². The summed E-state index contributed by atoms with van der Waals surface area (Å²) in [4.78, 5) is 2.18. The molecule has 19 heavy (non-hydrogen) atoms. The van der Waals surface area contributed by atoms with Gasteiger partial charge in [0.1, 0.15) is 0 Å². The van der Waals surface area contributed by atoms with Crippen molar-refractivity contribution < 1.29 is 9.94 Å². The van der Waals surface area contributed by atoms with E-state index in [0.717, 1.165) is 41.8 Å². The molecule has 1 aliphatic rings. The van der Waals surface area contributed by atoms with Crippen molar-refractivity contribution in [3.05, 3.63) is 28.2 Å². The van der Waals surface area contributed by atoms with Crippen LogP contribution in [0.25, 0.3) is 0 Å². The lowest BCUT2D eigenvalue weighted by Crippen LogP contribution is -2.37. The molecular weight excluding hydrogens is 310 g/mol. The van der Waals surface area contributed by atoms with E-state index < -0.39 is 0 Å². The van der Waals surface area contributed by atoms with E-state index in [2.05, 4.69) is 26.0 Å². The molecule has 0 bridgehead atoms. The third-order valence-electron chi connectivity index (χ3n) is 3.46. The number of ether oxygens (including phenoxy) is 1. The summed E-state index contributed by atoms with van der Waals surface area (Å²) in [5.74, 6) is 0.121. The van der Waals surface area contributed by atoms with Crippen molar-refractivity contribution in [1.29, 1.82) is 0 Å². The summed E-state index contributed by atoms with van der Waals surface area (Å²) in [5, 5.41) is 12.0. The van der Waals surface area contributed by atoms with Crippen LogP contribution < -0.4 is 10.6 Å². The second-order valence-electron chi connectivity index (χ2n) is 4.60. The maximum Gasteiger partial charge on any atom is 0.172 e. The molecule has 0 atom stereocenters. The summed E-state index contributed by atoms with van der Waals surface area (Å²) in [7, 11) is 2.04. The van der Waals surface area contributed by atoms with Crippen LogP contribution in [0.1, 0.15) is 18.4 Å². The number of benzene rings is 1. The molecule has 0 radical (unpaired) electrons. The third-order valence-corrected chi connectivity index (χ3v) is 3.95. The zero-order chi connectivity index (χ0) is 13.8. The van der Waals surface area contributed by atoms with Crippen LogP contribution in [0.5, 0.6) is 0 Å². The predicted octanol–water partition coefficient (Wildman–Crippen LogP) is 2.16. The fourth-order valence-corrected chi connectivity index (χ4v) is 2.71. The normalized spacial score (nSPS) is 17.5. The van der Waals surface area contributed by atoms with Gasteiger partial charge in [0.25, 0.3) is 0 Å². The molecule has 1 aromatic carbocycles. The van der Waals surface area contributed by atoms with E-state index in [1.165, 1.54) is 0 Å². The van der Waals surface area contributed by atoms with Gasteiger partial charge in [0.15, 0.2) is 5.84 Å². The largest absolute Gasteiger partial charge is 0.409 e. The molecule has 0 amide bonds. The van der Waals surface area contributed by atoms with Gasteiger partial charge in [-0.25, -0.2) is 0 Å². The zero-order valence-corrected chi connectivity index (χ0v) is 12.4. The summed E-state index contributed by atoms with van der Waals surface area (Å²) in [5.41, 5.74) is 7.45. The highest BCUT2D eigenvalue weighted by atomic mass is 79.9. The first-order valence-electron chi connectivity index (χ1n) is 6.21. The van der Waals surface area contributed by atoms with Gasteiger partial charge in [-0.05, 0) is 31.0 Å². The minimum Gasteiger partial charge on any atom is -0.409 e. The Kier molecular flexibility index (Phi) is 4.66. The van der Waals surface area contributed by atoms with Gasteiger partial charge in [0, 0.05) is 42.0 Å². The van der Waals surface area contributed by atoms with Crippen LogP contribution in [0, 0.1) is 0 Å². The van der Waals surface area contributed by atoms with Crippen LogP contribution in [0.3, 0.4) is 0 Å². The van der Waals surface area contributed by atoms with Crippen LogP contribution in [0.2, 0.25) is 0 Å². The summed E-state index contributed by atoms with van der Waals surface area (Å²) in [6.07, 6.45) is 1.98. The second kappa shape index (κ2) is 6.25. The standard InChI is InChI=1S/C13H18BrN3O2/c1-17(10-4-6-19-7-5-10)12-3-2-9(14)8-11(12)13(15)16-18/h2-3,8,10,18H,4-7H2,1H3,(H2,15,16). The molecule has 104 valence electrons. The van der Waals surface area contributed by atoms with Gasteiger partial charge < -0.3 is 20.6 Å². The summed E-state index contributed by atoms with van der Waals surface area (Å²) >= 11 is 3.41. The Balaban J connectivity index is 2.32. The Morgan fingerprint density at radius 3 is 2.79 bits per heavy atom. The topological polar surface area (TPSA) is 71.1 Å². The Morgan fingerprint density at radius 2 is 2.16 bits per heavy atom. The Hall–Kier alpha value is -1.27. The number of oxime groups is 1. The van der Waals surface area contributed by atoms with Gasteiger partial charge in [0.05, 0.1) is 0 Å². The molecule has 1 saturated heterocycles. The third kappa shape index (κ3) is 3.19. The van der Waals surface area contributed by atoms with E-state index in [9.17, 15) is 0 Å². The van der Waals surface area contributed by atoms with Crippen molar-refractivity contribution >= 4 is 27.5 Å². The second-order valence-corrected chi connectivity index (χ2v) is 5.52. The highest BCUT2D eigenvalue weighted by Crippen LogP contribution is 2.27. The van der Waals surface area contributed by atoms with Crippen molar-refractivity contribution in [3.8, 4) is 0 Å². The lowest BCUT2D eigenvalue weighted by atomic mass is 10.0. The number of hydrogen-bond donors (Lipinski definition) is 2. The van der Waals surface area contributed by atoms with Gasteiger partial charge in [-0.3, -0.25) is 0 Å². The number of amidine groups is 1. The molecule has 0 aliphatic carbocycles. The van der Waals surface area contributed by atoms with Crippen LogP contribution in [0.4, 0.5) is 5.69 Å². The number of nitrogens with zero attached hydrogens (tertiary/aromatic N) is 2. The molecule has 0 saturated carbocycles. The number of nitrogens with two attached hydrogens (primary N) is 1. The number of hydrogen-bond acceptors (Lipinski definition) is 4. The first-order valence-corrected chi connectivity index (χ1v) is 7.01. The van der Waals surface area contributed by atoms with Crippen LogP contribution in [-0.2, 0) is 4.74 Å². The monoisotopic (exact) mass is 327 g/mol.